The zero-order valence-corrected chi connectivity index (χ0v) is 46.4. The molecule has 8 nitrogen and oxygen atoms in total. The molecule has 0 aromatic heterocycles. The lowest BCUT2D eigenvalue weighted by molar-refractivity contribution is -0.146. The summed E-state index contributed by atoms with van der Waals surface area (Å²) in [4.78, 5) is 27.8. The van der Waals surface area contributed by atoms with E-state index in [1.54, 1.807) is 0 Å². The molecule has 0 aromatic carbocycles. The summed E-state index contributed by atoms with van der Waals surface area (Å²) in [6.45, 7) is 15.0. The smallest absolute Gasteiger partial charge is 0.306 e. The van der Waals surface area contributed by atoms with Gasteiger partial charge in [0.05, 0.1) is 19.0 Å². The van der Waals surface area contributed by atoms with Crippen molar-refractivity contribution in [2.45, 2.75) is 297 Å². The first-order chi connectivity index (χ1) is 32.6. The van der Waals surface area contributed by atoms with Gasteiger partial charge < -0.3 is 14.4 Å². The van der Waals surface area contributed by atoms with E-state index in [9.17, 15) is 18.0 Å². The number of rotatable bonds is 49. The second kappa shape index (κ2) is 44.7. The summed E-state index contributed by atoms with van der Waals surface area (Å²) in [7, 11) is -1.17. The molecule has 1 heterocycles. The number of carbonyl (C=O) groups excluding carboxylic acids is 2. The lowest BCUT2D eigenvalue weighted by atomic mass is 9.92. The van der Waals surface area contributed by atoms with Crippen molar-refractivity contribution in [2.75, 3.05) is 45.6 Å². The molecule has 0 radical (unpaired) electrons. The van der Waals surface area contributed by atoms with E-state index in [-0.39, 0.29) is 23.7 Å². The Balaban J connectivity index is 2.71. The highest BCUT2D eigenvalue weighted by Crippen LogP contribution is 2.28. The number of carbonyl (C=O) groups is 2. The molecule has 0 N–H and O–H groups in total. The van der Waals surface area contributed by atoms with E-state index in [1.807, 2.05) is 4.31 Å². The van der Waals surface area contributed by atoms with Crippen LogP contribution in [0.1, 0.15) is 291 Å². The summed E-state index contributed by atoms with van der Waals surface area (Å²) >= 11 is 0. The van der Waals surface area contributed by atoms with Crippen LogP contribution < -0.4 is 0 Å². The Morgan fingerprint density at radius 2 is 0.821 bits per heavy atom. The summed E-state index contributed by atoms with van der Waals surface area (Å²) < 4.78 is 42.2. The number of ether oxygens (including phenoxy) is 2. The number of unbranched alkanes of at least 4 members (excludes halogenated alkanes) is 23. The number of piperidine rings is 1. The van der Waals surface area contributed by atoms with Crippen LogP contribution >= 0.6 is 0 Å². The maximum absolute atomic E-state index is 14.4. The zero-order valence-electron chi connectivity index (χ0n) is 45.6. The number of hydrogen-bond donors (Lipinski definition) is 0. The zero-order chi connectivity index (χ0) is 49.1. The van der Waals surface area contributed by atoms with Gasteiger partial charge in [-0.25, -0.2) is 8.42 Å². The van der Waals surface area contributed by atoms with Gasteiger partial charge in [-0.2, -0.15) is 4.31 Å². The second-order valence-electron chi connectivity index (χ2n) is 21.4. The minimum Gasteiger partial charge on any atom is -0.466 e. The first-order valence-electron chi connectivity index (χ1n) is 29.6. The van der Waals surface area contributed by atoms with Gasteiger partial charge >= 0.3 is 11.9 Å². The minimum absolute atomic E-state index is 0.00812. The molecule has 2 atom stereocenters. The largest absolute Gasteiger partial charge is 0.466 e. The minimum atomic E-state index is -3.36. The molecule has 1 rings (SSSR count). The number of likely N-dealkylation sites (tertiary alicyclic amines) is 1. The molecular weight excluding hydrogens is 853 g/mol. The molecule has 0 aliphatic carbocycles. The van der Waals surface area contributed by atoms with Crippen LogP contribution in [0.4, 0.5) is 0 Å². The molecule has 0 saturated carbocycles. The molecule has 1 aliphatic rings. The second-order valence-corrected chi connectivity index (χ2v) is 23.5. The lowest BCUT2D eigenvalue weighted by Crippen LogP contribution is -2.46. The molecule has 0 bridgehead atoms. The Hall–Kier alpha value is -1.19. The highest BCUT2D eigenvalue weighted by molar-refractivity contribution is 7.89. The lowest BCUT2D eigenvalue weighted by Gasteiger charge is -2.37. The fourth-order valence-corrected chi connectivity index (χ4v) is 12.3. The van der Waals surface area contributed by atoms with Crippen LogP contribution in [0.25, 0.3) is 0 Å². The average Bonchev–Trinajstić information content (AvgIpc) is 3.31. The summed E-state index contributed by atoms with van der Waals surface area (Å²) in [6, 6.07) is 0.0733. The first-order valence-corrected chi connectivity index (χ1v) is 31.2. The van der Waals surface area contributed by atoms with Crippen LogP contribution in [0.15, 0.2) is 0 Å². The number of hydrogen-bond acceptors (Lipinski definition) is 7. The number of sulfonamides is 1. The van der Waals surface area contributed by atoms with Crippen molar-refractivity contribution < 1.29 is 27.5 Å². The summed E-state index contributed by atoms with van der Waals surface area (Å²) in [6.07, 6.45) is 44.0. The van der Waals surface area contributed by atoms with Crippen molar-refractivity contribution in [1.82, 2.24) is 9.21 Å². The Morgan fingerprint density at radius 1 is 0.478 bits per heavy atom. The van der Waals surface area contributed by atoms with E-state index in [2.05, 4.69) is 46.6 Å². The molecule has 1 saturated heterocycles. The van der Waals surface area contributed by atoms with Gasteiger partial charge in [-0.15, -0.1) is 0 Å². The van der Waals surface area contributed by atoms with E-state index in [4.69, 9.17) is 9.47 Å². The Kier molecular flexibility index (Phi) is 42.6. The monoisotopic (exact) mass is 967 g/mol. The third-order valence-electron chi connectivity index (χ3n) is 15.0. The topological polar surface area (TPSA) is 93.2 Å². The van der Waals surface area contributed by atoms with Gasteiger partial charge in [0.1, 0.15) is 0 Å². The van der Waals surface area contributed by atoms with E-state index in [1.165, 1.54) is 96.3 Å². The molecule has 0 spiro atoms. The maximum Gasteiger partial charge on any atom is 0.306 e. The van der Waals surface area contributed by atoms with Gasteiger partial charge in [0.25, 0.3) is 0 Å². The highest BCUT2D eigenvalue weighted by Gasteiger charge is 2.32. The fraction of sp³-hybridized carbons (Fsp3) is 0.966. The van der Waals surface area contributed by atoms with E-state index < -0.39 is 10.0 Å². The first kappa shape index (κ1) is 63.8. The molecule has 1 fully saturated rings. The van der Waals surface area contributed by atoms with Crippen LogP contribution in [0.2, 0.25) is 0 Å². The van der Waals surface area contributed by atoms with Gasteiger partial charge in [0.15, 0.2) is 0 Å². The quantitative estimate of drug-likeness (QED) is 0.0443. The van der Waals surface area contributed by atoms with Crippen LogP contribution in [-0.4, -0.2) is 81.3 Å². The van der Waals surface area contributed by atoms with Crippen LogP contribution in [-0.2, 0) is 29.1 Å². The van der Waals surface area contributed by atoms with Crippen molar-refractivity contribution in [1.29, 1.82) is 0 Å². The SMILES string of the molecule is CCCCCCCCS(=O)(=O)N(CC1CCN(C)CC1)C(CCCCCCCCOC(=O)CC(CCCC)CCCCCC)CCCCCCCCOC(=O)CC(CCCC)CCCCCC. The number of esters is 2. The van der Waals surface area contributed by atoms with Crippen molar-refractivity contribution in [2.24, 2.45) is 17.8 Å². The third-order valence-corrected chi connectivity index (χ3v) is 16.9. The molecule has 2 unspecified atom stereocenters. The predicted octanol–water partition coefficient (Wildman–Crippen LogP) is 16.6. The normalized spacial score (nSPS) is 15.3. The standard InChI is InChI=1S/C58H114N2O6S/c1-7-12-17-20-29-36-49-67(63,64)60(52-55-43-45-59(6)46-44-55)56(41-32-25-21-23-27-34-47-65-57(61)50-53(37-15-10-4)39-30-18-13-8-2)42-33-26-22-24-28-35-48-66-58(62)51-54(38-16-11-5)40-31-19-14-9-3/h53-56H,7-52H2,1-6H3. The van der Waals surface area contributed by atoms with Gasteiger partial charge in [0.2, 0.25) is 10.0 Å². The maximum atomic E-state index is 14.4. The fourth-order valence-electron chi connectivity index (χ4n) is 10.3. The molecular formula is C58H114N2O6S. The number of nitrogens with zero attached hydrogens (tertiary/aromatic N) is 2. The molecule has 9 heteroatoms. The summed E-state index contributed by atoms with van der Waals surface area (Å²) in [5, 5.41) is 0. The average molecular weight is 968 g/mol. The Labute approximate surface area is 417 Å². The van der Waals surface area contributed by atoms with Crippen molar-refractivity contribution in [3.05, 3.63) is 0 Å². The van der Waals surface area contributed by atoms with E-state index >= 15 is 0 Å². The summed E-state index contributed by atoms with van der Waals surface area (Å²) in [5.74, 6) is 1.64. The van der Waals surface area contributed by atoms with E-state index in [0.717, 1.165) is 161 Å². The van der Waals surface area contributed by atoms with Crippen LogP contribution in [0, 0.1) is 17.8 Å². The van der Waals surface area contributed by atoms with Gasteiger partial charge in [-0.05, 0) is 109 Å². The third kappa shape index (κ3) is 36.4. The molecule has 0 aromatic rings. The molecule has 1 aliphatic heterocycles. The molecule has 0 amide bonds. The van der Waals surface area contributed by atoms with Crippen molar-refractivity contribution >= 4 is 22.0 Å². The summed E-state index contributed by atoms with van der Waals surface area (Å²) in [5.41, 5.74) is 0. The highest BCUT2D eigenvalue weighted by atomic mass is 32.2. The molecule has 398 valence electrons. The molecule has 67 heavy (non-hydrogen) atoms. The van der Waals surface area contributed by atoms with Gasteiger partial charge in [-0.3, -0.25) is 9.59 Å². The van der Waals surface area contributed by atoms with Crippen molar-refractivity contribution in [3.63, 3.8) is 0 Å². The Bertz CT molecular complexity index is 1170. The van der Waals surface area contributed by atoms with Gasteiger partial charge in [0, 0.05) is 25.4 Å². The van der Waals surface area contributed by atoms with Crippen LogP contribution in [0.5, 0.6) is 0 Å². The van der Waals surface area contributed by atoms with Gasteiger partial charge in [-0.1, -0.05) is 208 Å². The Morgan fingerprint density at radius 3 is 1.25 bits per heavy atom. The predicted molar refractivity (Wildman–Crippen MR) is 287 cm³/mol. The van der Waals surface area contributed by atoms with E-state index in [0.29, 0.717) is 50.4 Å². The van der Waals surface area contributed by atoms with Crippen LogP contribution in [0.3, 0.4) is 0 Å². The van der Waals surface area contributed by atoms with Crippen molar-refractivity contribution in [3.8, 4) is 0 Å².